The second-order valence-corrected chi connectivity index (χ2v) is 5.60. The maximum absolute atomic E-state index is 12.2. The van der Waals surface area contributed by atoms with Crippen molar-refractivity contribution in [3.8, 4) is 5.75 Å². The van der Waals surface area contributed by atoms with E-state index in [1.807, 2.05) is 0 Å². The molecule has 5 heteroatoms. The highest BCUT2D eigenvalue weighted by atomic mass is 16.5. The fourth-order valence-electron chi connectivity index (χ4n) is 2.31. The second-order valence-electron chi connectivity index (χ2n) is 5.60. The number of amides is 1. The Balaban J connectivity index is 1.99. The lowest BCUT2D eigenvalue weighted by molar-refractivity contribution is 0.0238. The van der Waals surface area contributed by atoms with E-state index in [1.165, 1.54) is 0 Å². The standard InChI is InChI=1S/C15H22N2O3/c1-15(3-5-20-6-4-15)10-17-14(18)11-7-12(16)9-13(8-11)19-2/h7-9H,3-6,10,16H2,1-2H3,(H,17,18). The molecule has 3 N–H and O–H groups in total. The van der Waals surface area contributed by atoms with Gasteiger partial charge in [-0.05, 0) is 30.4 Å². The number of rotatable bonds is 4. The van der Waals surface area contributed by atoms with Gasteiger partial charge in [0.2, 0.25) is 0 Å². The molecule has 1 saturated heterocycles. The number of methoxy groups -OCH3 is 1. The first-order chi connectivity index (χ1) is 9.52. The van der Waals surface area contributed by atoms with E-state index in [2.05, 4.69) is 12.2 Å². The van der Waals surface area contributed by atoms with Gasteiger partial charge in [-0.2, -0.15) is 0 Å². The van der Waals surface area contributed by atoms with Crippen molar-refractivity contribution in [1.82, 2.24) is 5.32 Å². The van der Waals surface area contributed by atoms with Crippen molar-refractivity contribution in [3.63, 3.8) is 0 Å². The third kappa shape index (κ3) is 3.63. The van der Waals surface area contributed by atoms with E-state index >= 15 is 0 Å². The number of nitrogens with two attached hydrogens (primary N) is 1. The molecule has 110 valence electrons. The lowest BCUT2D eigenvalue weighted by Crippen LogP contribution is -2.39. The van der Waals surface area contributed by atoms with Gasteiger partial charge in [-0.1, -0.05) is 6.92 Å². The monoisotopic (exact) mass is 278 g/mol. The molecular formula is C15H22N2O3. The van der Waals surface area contributed by atoms with Crippen LogP contribution >= 0.6 is 0 Å². The minimum Gasteiger partial charge on any atom is -0.497 e. The van der Waals surface area contributed by atoms with Crippen LogP contribution in [0.3, 0.4) is 0 Å². The third-order valence-corrected chi connectivity index (χ3v) is 3.80. The van der Waals surface area contributed by atoms with E-state index in [9.17, 15) is 4.79 Å². The Bertz CT molecular complexity index is 482. The molecule has 0 radical (unpaired) electrons. The van der Waals surface area contributed by atoms with Crippen molar-refractivity contribution in [2.75, 3.05) is 32.6 Å². The van der Waals surface area contributed by atoms with Crippen LogP contribution in [0.25, 0.3) is 0 Å². The molecule has 0 unspecified atom stereocenters. The Morgan fingerprint density at radius 1 is 1.40 bits per heavy atom. The predicted molar refractivity (Wildman–Crippen MR) is 77.9 cm³/mol. The van der Waals surface area contributed by atoms with Crippen molar-refractivity contribution < 1.29 is 14.3 Å². The summed E-state index contributed by atoms with van der Waals surface area (Å²) in [5.41, 5.74) is 6.92. The topological polar surface area (TPSA) is 73.6 Å². The second kappa shape index (κ2) is 6.13. The quantitative estimate of drug-likeness (QED) is 0.824. The van der Waals surface area contributed by atoms with E-state index < -0.39 is 0 Å². The molecule has 0 bridgehead atoms. The largest absolute Gasteiger partial charge is 0.497 e. The highest BCUT2D eigenvalue weighted by molar-refractivity contribution is 5.95. The first-order valence-corrected chi connectivity index (χ1v) is 6.83. The maximum Gasteiger partial charge on any atom is 0.251 e. The van der Waals surface area contributed by atoms with Crippen LogP contribution in [-0.4, -0.2) is 32.8 Å². The van der Waals surface area contributed by atoms with Gasteiger partial charge in [0.05, 0.1) is 7.11 Å². The summed E-state index contributed by atoms with van der Waals surface area (Å²) in [5, 5.41) is 2.98. The number of benzene rings is 1. The summed E-state index contributed by atoms with van der Waals surface area (Å²) in [6, 6.07) is 5.04. The molecule has 0 saturated carbocycles. The molecule has 1 aromatic rings. The Morgan fingerprint density at radius 3 is 2.75 bits per heavy atom. The highest BCUT2D eigenvalue weighted by Crippen LogP contribution is 2.28. The first-order valence-electron chi connectivity index (χ1n) is 6.83. The van der Waals surface area contributed by atoms with Gasteiger partial charge >= 0.3 is 0 Å². The summed E-state index contributed by atoms with van der Waals surface area (Å²) in [6.07, 6.45) is 1.93. The zero-order chi connectivity index (χ0) is 14.6. The number of carbonyl (C=O) groups excluding carboxylic acids is 1. The number of carbonyl (C=O) groups is 1. The van der Waals surface area contributed by atoms with Gasteiger partial charge in [0.15, 0.2) is 0 Å². The van der Waals surface area contributed by atoms with Crippen LogP contribution < -0.4 is 15.8 Å². The summed E-state index contributed by atoms with van der Waals surface area (Å²) in [6.45, 7) is 4.35. The lowest BCUT2D eigenvalue weighted by atomic mass is 9.82. The minimum atomic E-state index is -0.122. The van der Waals surface area contributed by atoms with Crippen LogP contribution in [0.4, 0.5) is 5.69 Å². The number of ether oxygens (including phenoxy) is 2. The summed E-state index contributed by atoms with van der Waals surface area (Å²) >= 11 is 0. The van der Waals surface area contributed by atoms with Gasteiger partial charge in [0.1, 0.15) is 5.75 Å². The molecular weight excluding hydrogens is 256 g/mol. The minimum absolute atomic E-state index is 0.109. The maximum atomic E-state index is 12.2. The fraction of sp³-hybridized carbons (Fsp3) is 0.533. The SMILES string of the molecule is COc1cc(N)cc(C(=O)NCC2(C)CCOCC2)c1. The van der Waals surface area contributed by atoms with Crippen LogP contribution in [0.1, 0.15) is 30.1 Å². The number of nitrogens with one attached hydrogen (secondary N) is 1. The molecule has 1 aromatic carbocycles. The first kappa shape index (κ1) is 14.7. The molecule has 1 aliphatic heterocycles. The van der Waals surface area contributed by atoms with Gasteiger partial charge < -0.3 is 20.5 Å². The fourth-order valence-corrected chi connectivity index (χ4v) is 2.31. The third-order valence-electron chi connectivity index (χ3n) is 3.80. The smallest absolute Gasteiger partial charge is 0.251 e. The van der Waals surface area contributed by atoms with Crippen molar-refractivity contribution in [1.29, 1.82) is 0 Å². The van der Waals surface area contributed by atoms with Crippen molar-refractivity contribution in [2.24, 2.45) is 5.41 Å². The average Bonchev–Trinajstić information content (AvgIpc) is 2.45. The Kier molecular flexibility index (Phi) is 4.49. The van der Waals surface area contributed by atoms with Gasteiger partial charge in [-0.15, -0.1) is 0 Å². The van der Waals surface area contributed by atoms with Crippen LogP contribution in [0.15, 0.2) is 18.2 Å². The van der Waals surface area contributed by atoms with Crippen LogP contribution in [0, 0.1) is 5.41 Å². The van der Waals surface area contributed by atoms with Gasteiger partial charge in [0.25, 0.3) is 5.91 Å². The Hall–Kier alpha value is -1.75. The molecule has 0 spiro atoms. The molecule has 5 nitrogen and oxygen atoms in total. The van der Waals surface area contributed by atoms with E-state index in [1.54, 1.807) is 25.3 Å². The summed E-state index contributed by atoms with van der Waals surface area (Å²) < 4.78 is 10.5. The molecule has 1 fully saturated rings. The summed E-state index contributed by atoms with van der Waals surface area (Å²) in [7, 11) is 1.56. The number of anilines is 1. The molecule has 1 amide bonds. The highest BCUT2D eigenvalue weighted by Gasteiger charge is 2.27. The van der Waals surface area contributed by atoms with E-state index in [0.29, 0.717) is 23.5 Å². The number of nitrogen functional groups attached to an aromatic ring is 1. The van der Waals surface area contributed by atoms with Crippen LogP contribution in [-0.2, 0) is 4.74 Å². The molecule has 1 heterocycles. The summed E-state index contributed by atoms with van der Waals surface area (Å²) in [4.78, 5) is 12.2. The van der Waals surface area contributed by atoms with Crippen molar-refractivity contribution >= 4 is 11.6 Å². The van der Waals surface area contributed by atoms with Gasteiger partial charge in [-0.3, -0.25) is 4.79 Å². The van der Waals surface area contributed by atoms with E-state index in [0.717, 1.165) is 26.1 Å². The molecule has 1 aliphatic rings. The predicted octanol–water partition coefficient (Wildman–Crippen LogP) is 1.82. The number of hydrogen-bond acceptors (Lipinski definition) is 4. The van der Waals surface area contributed by atoms with Crippen molar-refractivity contribution in [3.05, 3.63) is 23.8 Å². The van der Waals surface area contributed by atoms with E-state index in [-0.39, 0.29) is 11.3 Å². The molecule has 0 atom stereocenters. The number of hydrogen-bond donors (Lipinski definition) is 2. The average molecular weight is 278 g/mol. The van der Waals surface area contributed by atoms with Crippen LogP contribution in [0.5, 0.6) is 5.75 Å². The molecule has 0 aromatic heterocycles. The van der Waals surface area contributed by atoms with E-state index in [4.69, 9.17) is 15.2 Å². The van der Waals surface area contributed by atoms with Gasteiger partial charge in [-0.25, -0.2) is 0 Å². The summed E-state index contributed by atoms with van der Waals surface area (Å²) in [5.74, 6) is 0.468. The molecule has 0 aliphatic carbocycles. The zero-order valence-corrected chi connectivity index (χ0v) is 12.1. The Labute approximate surface area is 119 Å². The molecule has 2 rings (SSSR count). The van der Waals surface area contributed by atoms with Crippen molar-refractivity contribution in [2.45, 2.75) is 19.8 Å². The molecule has 20 heavy (non-hydrogen) atoms. The zero-order valence-electron chi connectivity index (χ0n) is 12.1. The van der Waals surface area contributed by atoms with Gasteiger partial charge in [0, 0.05) is 37.1 Å². The Morgan fingerprint density at radius 2 is 2.10 bits per heavy atom. The normalized spacial score (nSPS) is 17.5. The van der Waals surface area contributed by atoms with Crippen LogP contribution in [0.2, 0.25) is 0 Å². The lowest BCUT2D eigenvalue weighted by Gasteiger charge is -2.33.